The van der Waals surface area contributed by atoms with Gasteiger partial charge in [-0.05, 0) is 45.2 Å². The van der Waals surface area contributed by atoms with Gasteiger partial charge in [0.2, 0.25) is 0 Å². The quantitative estimate of drug-likeness (QED) is 0.615. The van der Waals surface area contributed by atoms with Crippen molar-refractivity contribution in [3.63, 3.8) is 0 Å². The first-order valence-electron chi connectivity index (χ1n) is 5.10. The van der Waals surface area contributed by atoms with Gasteiger partial charge in [0.25, 0.3) is 0 Å². The summed E-state index contributed by atoms with van der Waals surface area (Å²) in [7, 11) is 0. The Bertz CT molecular complexity index is 130. The lowest BCUT2D eigenvalue weighted by Gasteiger charge is -2.39. The summed E-state index contributed by atoms with van der Waals surface area (Å²) in [6.07, 6.45) is 4.64. The average Bonchev–Trinajstić information content (AvgIpc) is 1.82. The van der Waals surface area contributed by atoms with E-state index in [4.69, 9.17) is 0 Å². The molecule has 1 saturated carbocycles. The third-order valence-corrected chi connectivity index (χ3v) is 3.04. The minimum atomic E-state index is -0.416. The summed E-state index contributed by atoms with van der Waals surface area (Å²) in [5.41, 5.74) is -0.416. The van der Waals surface area contributed by atoms with E-state index in [1.165, 1.54) is 19.3 Å². The zero-order valence-electron chi connectivity index (χ0n) is 8.27. The fraction of sp³-hybridized carbons (Fsp3) is 1.00. The highest BCUT2D eigenvalue weighted by atomic mass is 16.3. The molecule has 0 aromatic heterocycles. The van der Waals surface area contributed by atoms with Crippen molar-refractivity contribution >= 4 is 0 Å². The summed E-state index contributed by atoms with van der Waals surface area (Å²) in [4.78, 5) is 0. The van der Waals surface area contributed by atoms with Gasteiger partial charge in [-0.1, -0.05) is 13.3 Å². The van der Waals surface area contributed by atoms with Gasteiger partial charge in [0, 0.05) is 0 Å². The SMILES string of the molecule is CCNCCC(C)(O)C1CCC1. The van der Waals surface area contributed by atoms with Gasteiger partial charge in [0.15, 0.2) is 0 Å². The van der Waals surface area contributed by atoms with Crippen LogP contribution in [0.3, 0.4) is 0 Å². The highest BCUT2D eigenvalue weighted by Crippen LogP contribution is 2.37. The summed E-state index contributed by atoms with van der Waals surface area (Å²) >= 11 is 0. The molecular weight excluding hydrogens is 150 g/mol. The van der Waals surface area contributed by atoms with E-state index in [-0.39, 0.29) is 0 Å². The number of hydrogen-bond acceptors (Lipinski definition) is 2. The van der Waals surface area contributed by atoms with Crippen molar-refractivity contribution in [1.82, 2.24) is 5.32 Å². The topological polar surface area (TPSA) is 32.3 Å². The Hall–Kier alpha value is -0.0800. The Morgan fingerprint density at radius 2 is 2.17 bits per heavy atom. The number of nitrogens with one attached hydrogen (secondary N) is 1. The Balaban J connectivity index is 2.17. The van der Waals surface area contributed by atoms with Crippen molar-refractivity contribution in [2.45, 2.75) is 45.1 Å². The molecule has 1 fully saturated rings. The van der Waals surface area contributed by atoms with E-state index in [1.54, 1.807) is 0 Å². The van der Waals surface area contributed by atoms with Crippen LogP contribution in [-0.4, -0.2) is 23.8 Å². The van der Waals surface area contributed by atoms with Gasteiger partial charge in [-0.15, -0.1) is 0 Å². The molecule has 0 aromatic carbocycles. The van der Waals surface area contributed by atoms with Crippen LogP contribution in [-0.2, 0) is 0 Å². The average molecular weight is 171 g/mol. The largest absolute Gasteiger partial charge is 0.390 e. The highest BCUT2D eigenvalue weighted by Gasteiger charge is 2.35. The van der Waals surface area contributed by atoms with E-state index in [0.29, 0.717) is 5.92 Å². The Kier molecular flexibility index (Phi) is 3.53. The van der Waals surface area contributed by atoms with Crippen LogP contribution in [0.2, 0.25) is 0 Å². The van der Waals surface area contributed by atoms with Crippen LogP contribution in [0.15, 0.2) is 0 Å². The predicted molar refractivity (Wildman–Crippen MR) is 51.1 cm³/mol. The molecule has 0 radical (unpaired) electrons. The smallest absolute Gasteiger partial charge is 0.0659 e. The van der Waals surface area contributed by atoms with Gasteiger partial charge in [-0.25, -0.2) is 0 Å². The standard InChI is InChI=1S/C10H21NO/c1-3-11-8-7-10(2,12)9-5-4-6-9/h9,11-12H,3-8H2,1-2H3. The van der Waals surface area contributed by atoms with Crippen molar-refractivity contribution in [3.8, 4) is 0 Å². The molecule has 1 unspecified atom stereocenters. The monoisotopic (exact) mass is 171 g/mol. The maximum Gasteiger partial charge on any atom is 0.0659 e. The maximum absolute atomic E-state index is 10.0. The zero-order chi connectivity index (χ0) is 9.03. The van der Waals surface area contributed by atoms with Crippen LogP contribution in [0.25, 0.3) is 0 Å². The molecule has 0 aromatic rings. The van der Waals surface area contributed by atoms with E-state index in [2.05, 4.69) is 12.2 Å². The van der Waals surface area contributed by atoms with Crippen LogP contribution in [0.1, 0.15) is 39.5 Å². The third-order valence-electron chi connectivity index (χ3n) is 3.04. The summed E-state index contributed by atoms with van der Waals surface area (Å²) in [5.74, 6) is 0.566. The lowest BCUT2D eigenvalue weighted by Crippen LogP contribution is -2.41. The molecule has 2 nitrogen and oxygen atoms in total. The van der Waals surface area contributed by atoms with Crippen molar-refractivity contribution in [1.29, 1.82) is 0 Å². The molecule has 0 bridgehead atoms. The second kappa shape index (κ2) is 4.24. The molecule has 1 aliphatic carbocycles. The predicted octanol–water partition coefficient (Wildman–Crippen LogP) is 1.54. The van der Waals surface area contributed by atoms with E-state index in [9.17, 15) is 5.11 Å². The first-order chi connectivity index (χ1) is 5.67. The lowest BCUT2D eigenvalue weighted by atomic mass is 9.72. The number of aliphatic hydroxyl groups is 1. The van der Waals surface area contributed by atoms with Crippen molar-refractivity contribution in [2.75, 3.05) is 13.1 Å². The molecule has 12 heavy (non-hydrogen) atoms. The van der Waals surface area contributed by atoms with Crippen LogP contribution in [0.5, 0.6) is 0 Å². The van der Waals surface area contributed by atoms with Gasteiger partial charge in [0.05, 0.1) is 5.60 Å². The molecule has 0 heterocycles. The maximum atomic E-state index is 10.0. The van der Waals surface area contributed by atoms with Gasteiger partial charge in [-0.2, -0.15) is 0 Å². The Labute approximate surface area is 75.4 Å². The van der Waals surface area contributed by atoms with E-state index in [1.807, 2.05) is 6.92 Å². The molecule has 0 aliphatic heterocycles. The lowest BCUT2D eigenvalue weighted by molar-refractivity contribution is -0.0403. The summed E-state index contributed by atoms with van der Waals surface area (Å²) in [6, 6.07) is 0. The molecule has 1 atom stereocenters. The van der Waals surface area contributed by atoms with Crippen molar-refractivity contribution in [3.05, 3.63) is 0 Å². The Morgan fingerprint density at radius 1 is 1.50 bits per heavy atom. The second-order valence-corrected chi connectivity index (χ2v) is 4.09. The van der Waals surface area contributed by atoms with Gasteiger partial charge >= 0.3 is 0 Å². The van der Waals surface area contributed by atoms with Crippen LogP contribution >= 0.6 is 0 Å². The van der Waals surface area contributed by atoms with Crippen LogP contribution < -0.4 is 5.32 Å². The van der Waals surface area contributed by atoms with Gasteiger partial charge in [-0.3, -0.25) is 0 Å². The first kappa shape index (κ1) is 10.0. The molecule has 0 spiro atoms. The Morgan fingerprint density at radius 3 is 2.58 bits per heavy atom. The molecule has 72 valence electrons. The summed E-state index contributed by atoms with van der Waals surface area (Å²) in [6.45, 7) is 6.02. The fourth-order valence-electron chi connectivity index (χ4n) is 1.75. The summed E-state index contributed by atoms with van der Waals surface area (Å²) in [5, 5.41) is 13.3. The molecule has 1 aliphatic rings. The first-order valence-corrected chi connectivity index (χ1v) is 5.10. The minimum Gasteiger partial charge on any atom is -0.390 e. The molecule has 2 N–H and O–H groups in total. The van der Waals surface area contributed by atoms with E-state index in [0.717, 1.165) is 19.5 Å². The minimum absolute atomic E-state index is 0.416. The van der Waals surface area contributed by atoms with Gasteiger partial charge in [0.1, 0.15) is 0 Å². The van der Waals surface area contributed by atoms with E-state index < -0.39 is 5.60 Å². The number of rotatable bonds is 5. The van der Waals surface area contributed by atoms with Crippen molar-refractivity contribution < 1.29 is 5.11 Å². The van der Waals surface area contributed by atoms with Crippen LogP contribution in [0.4, 0.5) is 0 Å². The molecule has 0 saturated heterocycles. The molecule has 1 rings (SSSR count). The zero-order valence-corrected chi connectivity index (χ0v) is 8.27. The van der Waals surface area contributed by atoms with E-state index >= 15 is 0 Å². The van der Waals surface area contributed by atoms with Crippen LogP contribution in [0, 0.1) is 5.92 Å². The third kappa shape index (κ3) is 2.46. The van der Waals surface area contributed by atoms with Crippen molar-refractivity contribution in [2.24, 2.45) is 5.92 Å². The molecule has 2 heteroatoms. The molecule has 0 amide bonds. The molecular formula is C10H21NO. The fourth-order valence-corrected chi connectivity index (χ4v) is 1.75. The van der Waals surface area contributed by atoms with Gasteiger partial charge < -0.3 is 10.4 Å². The highest BCUT2D eigenvalue weighted by molar-refractivity contribution is 4.87. The second-order valence-electron chi connectivity index (χ2n) is 4.09. The normalized spacial score (nSPS) is 23.2. The summed E-state index contributed by atoms with van der Waals surface area (Å²) < 4.78 is 0. The number of hydrogen-bond donors (Lipinski definition) is 2.